The van der Waals surface area contributed by atoms with E-state index in [0.29, 0.717) is 10.7 Å². The van der Waals surface area contributed by atoms with E-state index in [4.69, 9.17) is 11.6 Å². The van der Waals surface area contributed by atoms with E-state index in [1.165, 1.54) is 30.4 Å². The molecule has 21 heavy (non-hydrogen) atoms. The lowest BCUT2D eigenvalue weighted by Crippen LogP contribution is -2.13. The highest BCUT2D eigenvalue weighted by atomic mass is 35.5. The first-order chi connectivity index (χ1) is 9.99. The Kier molecular flexibility index (Phi) is 4.54. The first-order valence-electron chi connectivity index (χ1n) is 6.02. The van der Waals surface area contributed by atoms with Crippen LogP contribution in [0.1, 0.15) is 16.1 Å². The largest absolute Gasteiger partial charge is 0.468 e. The number of halogens is 1. The number of aryl methyl sites for hydroxylation is 1. The van der Waals surface area contributed by atoms with Crippen LogP contribution >= 0.6 is 11.6 Å². The summed E-state index contributed by atoms with van der Waals surface area (Å²) in [5.41, 5.74) is 1.44. The van der Waals surface area contributed by atoms with Crippen LogP contribution in [0.15, 0.2) is 24.7 Å². The SMILES string of the molecule is COC(=O)Cn1cc(NC(=O)c2cnc(C)cc2Cl)cn1. The number of anilines is 1. The molecule has 2 heterocycles. The molecule has 0 aliphatic heterocycles. The molecule has 110 valence electrons. The van der Waals surface area contributed by atoms with Gasteiger partial charge in [0.05, 0.1) is 29.6 Å². The van der Waals surface area contributed by atoms with E-state index in [-0.39, 0.29) is 12.1 Å². The van der Waals surface area contributed by atoms with Gasteiger partial charge in [-0.25, -0.2) is 0 Å². The zero-order valence-electron chi connectivity index (χ0n) is 11.5. The summed E-state index contributed by atoms with van der Waals surface area (Å²) in [6, 6.07) is 1.61. The third-order valence-electron chi connectivity index (χ3n) is 2.64. The Bertz CT molecular complexity index is 684. The minimum atomic E-state index is -0.429. The molecule has 0 aromatic carbocycles. The van der Waals surface area contributed by atoms with Gasteiger partial charge in [-0.05, 0) is 13.0 Å². The molecule has 0 saturated carbocycles. The molecular formula is C13H13ClN4O3. The third-order valence-corrected chi connectivity index (χ3v) is 2.96. The number of ether oxygens (including phenoxy) is 1. The quantitative estimate of drug-likeness (QED) is 0.868. The average Bonchev–Trinajstić information content (AvgIpc) is 2.85. The Morgan fingerprint density at radius 1 is 1.43 bits per heavy atom. The highest BCUT2D eigenvalue weighted by Gasteiger charge is 2.13. The molecule has 0 aliphatic rings. The number of hydrogen-bond donors (Lipinski definition) is 1. The number of amides is 1. The van der Waals surface area contributed by atoms with E-state index in [2.05, 4.69) is 20.1 Å². The molecule has 0 atom stereocenters. The van der Waals surface area contributed by atoms with Crippen LogP contribution in [-0.4, -0.2) is 33.8 Å². The van der Waals surface area contributed by atoms with E-state index in [9.17, 15) is 9.59 Å². The summed E-state index contributed by atoms with van der Waals surface area (Å²) in [6.07, 6.45) is 4.35. The van der Waals surface area contributed by atoms with Gasteiger partial charge in [-0.1, -0.05) is 11.6 Å². The third kappa shape index (κ3) is 3.79. The molecule has 0 unspecified atom stereocenters. The van der Waals surface area contributed by atoms with Gasteiger partial charge in [0, 0.05) is 18.1 Å². The lowest BCUT2D eigenvalue weighted by molar-refractivity contribution is -0.141. The number of nitrogens with zero attached hydrogens (tertiary/aromatic N) is 3. The van der Waals surface area contributed by atoms with E-state index < -0.39 is 11.9 Å². The molecule has 1 amide bonds. The van der Waals surface area contributed by atoms with Crippen molar-refractivity contribution in [3.8, 4) is 0 Å². The number of pyridine rings is 1. The van der Waals surface area contributed by atoms with Crippen LogP contribution in [0.25, 0.3) is 0 Å². The zero-order valence-corrected chi connectivity index (χ0v) is 12.2. The summed E-state index contributed by atoms with van der Waals surface area (Å²) >= 11 is 6.00. The van der Waals surface area contributed by atoms with Gasteiger partial charge in [-0.15, -0.1) is 0 Å². The van der Waals surface area contributed by atoms with Gasteiger partial charge in [0.2, 0.25) is 0 Å². The van der Waals surface area contributed by atoms with Crippen molar-refractivity contribution >= 4 is 29.2 Å². The normalized spacial score (nSPS) is 10.2. The van der Waals surface area contributed by atoms with Crippen LogP contribution in [-0.2, 0) is 16.1 Å². The zero-order chi connectivity index (χ0) is 15.4. The molecule has 7 nitrogen and oxygen atoms in total. The van der Waals surface area contributed by atoms with Crippen LogP contribution in [0.2, 0.25) is 5.02 Å². The summed E-state index contributed by atoms with van der Waals surface area (Å²) < 4.78 is 5.89. The van der Waals surface area contributed by atoms with Crippen LogP contribution < -0.4 is 5.32 Å². The smallest absolute Gasteiger partial charge is 0.327 e. The fourth-order valence-electron chi connectivity index (χ4n) is 1.60. The van der Waals surface area contributed by atoms with E-state index in [1.54, 1.807) is 13.0 Å². The molecule has 0 spiro atoms. The summed E-state index contributed by atoms with van der Waals surface area (Å²) in [6.45, 7) is 1.75. The van der Waals surface area contributed by atoms with Gasteiger partial charge in [-0.2, -0.15) is 5.10 Å². The number of carbonyl (C=O) groups is 2. The van der Waals surface area contributed by atoms with Gasteiger partial charge in [0.1, 0.15) is 6.54 Å². The number of carbonyl (C=O) groups excluding carboxylic acids is 2. The summed E-state index contributed by atoms with van der Waals surface area (Å²) in [5.74, 6) is -0.827. The molecular weight excluding hydrogens is 296 g/mol. The van der Waals surface area contributed by atoms with Crippen molar-refractivity contribution < 1.29 is 14.3 Å². The number of hydrogen-bond acceptors (Lipinski definition) is 5. The van der Waals surface area contributed by atoms with E-state index >= 15 is 0 Å². The van der Waals surface area contributed by atoms with Crippen molar-refractivity contribution in [3.05, 3.63) is 40.9 Å². The Hall–Kier alpha value is -2.41. The van der Waals surface area contributed by atoms with Crippen molar-refractivity contribution in [2.75, 3.05) is 12.4 Å². The summed E-state index contributed by atoms with van der Waals surface area (Å²) in [5, 5.41) is 6.89. The molecule has 0 radical (unpaired) electrons. The molecule has 2 aromatic rings. The van der Waals surface area contributed by atoms with Crippen LogP contribution in [0.5, 0.6) is 0 Å². The first-order valence-corrected chi connectivity index (χ1v) is 6.40. The monoisotopic (exact) mass is 308 g/mol. The van der Waals surface area contributed by atoms with E-state index in [0.717, 1.165) is 5.69 Å². The van der Waals surface area contributed by atoms with Crippen LogP contribution in [0, 0.1) is 6.92 Å². The van der Waals surface area contributed by atoms with Crippen LogP contribution in [0.3, 0.4) is 0 Å². The van der Waals surface area contributed by atoms with Crippen molar-refractivity contribution in [1.82, 2.24) is 14.8 Å². The molecule has 0 aliphatic carbocycles. The second-order valence-electron chi connectivity index (χ2n) is 4.26. The van der Waals surface area contributed by atoms with Crippen molar-refractivity contribution in [1.29, 1.82) is 0 Å². The second-order valence-corrected chi connectivity index (χ2v) is 4.67. The van der Waals surface area contributed by atoms with E-state index in [1.807, 2.05) is 0 Å². The molecule has 2 aromatic heterocycles. The topological polar surface area (TPSA) is 86.1 Å². The van der Waals surface area contributed by atoms with Crippen molar-refractivity contribution in [3.63, 3.8) is 0 Å². The Balaban J connectivity index is 2.07. The molecule has 1 N–H and O–H groups in total. The van der Waals surface area contributed by atoms with Crippen LogP contribution in [0.4, 0.5) is 5.69 Å². The van der Waals surface area contributed by atoms with Crippen molar-refractivity contribution in [2.24, 2.45) is 0 Å². The molecule has 2 rings (SSSR count). The van der Waals surface area contributed by atoms with Gasteiger partial charge in [0.25, 0.3) is 5.91 Å². The molecule has 8 heteroatoms. The predicted octanol–water partition coefficient (Wildman–Crippen LogP) is 1.67. The number of aromatic nitrogens is 3. The highest BCUT2D eigenvalue weighted by molar-refractivity contribution is 6.34. The first kappa shape index (κ1) is 15.0. The standard InChI is InChI=1S/C13H13ClN4O3/c1-8-3-11(14)10(5-15-8)13(20)17-9-4-16-18(6-9)7-12(19)21-2/h3-6H,7H2,1-2H3,(H,17,20). The second kappa shape index (κ2) is 6.36. The van der Waals surface area contributed by atoms with Gasteiger partial charge < -0.3 is 10.1 Å². The Labute approximate surface area is 125 Å². The summed E-state index contributed by atoms with van der Waals surface area (Å²) in [4.78, 5) is 27.2. The lowest BCUT2D eigenvalue weighted by atomic mass is 10.2. The lowest BCUT2D eigenvalue weighted by Gasteiger charge is -2.04. The maximum Gasteiger partial charge on any atom is 0.327 e. The number of rotatable bonds is 4. The maximum atomic E-state index is 12.1. The fourth-order valence-corrected chi connectivity index (χ4v) is 1.90. The minimum Gasteiger partial charge on any atom is -0.468 e. The number of esters is 1. The fraction of sp³-hybridized carbons (Fsp3) is 0.231. The predicted molar refractivity (Wildman–Crippen MR) is 76.2 cm³/mol. The van der Waals surface area contributed by atoms with Crippen molar-refractivity contribution in [2.45, 2.75) is 13.5 Å². The minimum absolute atomic E-state index is 0.0286. The molecule has 0 bridgehead atoms. The Morgan fingerprint density at radius 3 is 2.86 bits per heavy atom. The Morgan fingerprint density at radius 2 is 2.19 bits per heavy atom. The number of nitrogens with one attached hydrogen (secondary N) is 1. The van der Waals surface area contributed by atoms with Gasteiger partial charge in [-0.3, -0.25) is 19.3 Å². The maximum absolute atomic E-state index is 12.1. The molecule has 0 fully saturated rings. The molecule has 0 saturated heterocycles. The highest BCUT2D eigenvalue weighted by Crippen LogP contribution is 2.17. The van der Waals surface area contributed by atoms with Gasteiger partial charge in [0.15, 0.2) is 0 Å². The number of methoxy groups -OCH3 is 1. The van der Waals surface area contributed by atoms with Gasteiger partial charge >= 0.3 is 5.97 Å². The summed E-state index contributed by atoms with van der Waals surface area (Å²) in [7, 11) is 1.29. The average molecular weight is 309 g/mol.